The van der Waals surface area contributed by atoms with E-state index in [0.29, 0.717) is 18.9 Å². The monoisotopic (exact) mass is 341 g/mol. The minimum Gasteiger partial charge on any atom is -0.357 e. The molecule has 1 fully saturated rings. The van der Waals surface area contributed by atoms with Gasteiger partial charge < -0.3 is 10.6 Å². The molecular weight excluding hydrogens is 322 g/mol. The quantitative estimate of drug-likeness (QED) is 0.629. The summed E-state index contributed by atoms with van der Waals surface area (Å²) in [4.78, 5) is 9.93. The number of rotatable bonds is 4. The van der Waals surface area contributed by atoms with Crippen LogP contribution in [0.4, 0.5) is 0 Å². The van der Waals surface area contributed by atoms with Crippen molar-refractivity contribution in [3.05, 3.63) is 23.5 Å². The fourth-order valence-electron chi connectivity index (χ4n) is 2.43. The molecule has 1 unspecified atom stereocenters. The van der Waals surface area contributed by atoms with E-state index < -0.39 is 9.84 Å². The highest BCUT2D eigenvalue weighted by molar-refractivity contribution is 7.91. The van der Waals surface area contributed by atoms with E-state index in [-0.39, 0.29) is 17.5 Å². The molecule has 7 nitrogen and oxygen atoms in total. The summed E-state index contributed by atoms with van der Waals surface area (Å²) < 4.78 is 25.0. The summed E-state index contributed by atoms with van der Waals surface area (Å²) in [5, 5.41) is 8.33. The van der Waals surface area contributed by atoms with Gasteiger partial charge in [0.05, 0.1) is 23.7 Å². The lowest BCUT2D eigenvalue weighted by atomic mass is 10.3. The number of nitrogens with zero attached hydrogens (tertiary/aromatic N) is 3. The summed E-state index contributed by atoms with van der Waals surface area (Å²) in [5.74, 6) is 1.07. The van der Waals surface area contributed by atoms with Crippen LogP contribution in [0.1, 0.15) is 19.0 Å². The van der Waals surface area contributed by atoms with Gasteiger partial charge in [-0.25, -0.2) is 18.4 Å². The number of fused-ring (bicyclic) bond motifs is 1. The lowest BCUT2D eigenvalue weighted by Gasteiger charge is -2.15. The van der Waals surface area contributed by atoms with E-state index in [1.165, 1.54) is 0 Å². The molecule has 0 amide bonds. The summed E-state index contributed by atoms with van der Waals surface area (Å²) in [6, 6.07) is -0.0618. The Morgan fingerprint density at radius 2 is 2.45 bits per heavy atom. The number of hydrogen-bond donors (Lipinski definition) is 2. The molecule has 0 saturated carbocycles. The maximum Gasteiger partial charge on any atom is 0.193 e. The van der Waals surface area contributed by atoms with Gasteiger partial charge in [0.1, 0.15) is 0 Å². The molecule has 2 N–H and O–H groups in total. The highest BCUT2D eigenvalue weighted by atomic mass is 32.2. The van der Waals surface area contributed by atoms with Crippen molar-refractivity contribution in [2.45, 2.75) is 25.9 Å². The highest BCUT2D eigenvalue weighted by Gasteiger charge is 2.28. The molecule has 1 aliphatic rings. The summed E-state index contributed by atoms with van der Waals surface area (Å²) in [5.41, 5.74) is 0.892. The zero-order valence-electron chi connectivity index (χ0n) is 12.3. The molecule has 1 saturated heterocycles. The Morgan fingerprint density at radius 1 is 1.59 bits per heavy atom. The smallest absolute Gasteiger partial charge is 0.193 e. The molecule has 0 radical (unpaired) electrons. The van der Waals surface area contributed by atoms with Crippen molar-refractivity contribution < 1.29 is 8.42 Å². The topological polar surface area (TPSA) is 87.9 Å². The second-order valence-electron chi connectivity index (χ2n) is 5.26. The first-order chi connectivity index (χ1) is 10.6. The molecule has 22 heavy (non-hydrogen) atoms. The number of sulfone groups is 1. The summed E-state index contributed by atoms with van der Waals surface area (Å²) in [6.45, 7) is 3.17. The van der Waals surface area contributed by atoms with Crippen LogP contribution in [0.15, 0.2) is 22.8 Å². The Bertz CT molecular complexity index is 749. The summed E-state index contributed by atoms with van der Waals surface area (Å²) in [6.07, 6.45) is 4.55. The van der Waals surface area contributed by atoms with Crippen LogP contribution in [0.2, 0.25) is 0 Å². The first kappa shape index (κ1) is 15.3. The fraction of sp³-hybridized carbons (Fsp3) is 0.538. The molecule has 0 aliphatic carbocycles. The molecule has 9 heteroatoms. The van der Waals surface area contributed by atoms with E-state index in [0.717, 1.165) is 17.2 Å². The maximum atomic E-state index is 11.5. The highest BCUT2D eigenvalue weighted by Crippen LogP contribution is 2.13. The Balaban J connectivity index is 1.66. The van der Waals surface area contributed by atoms with E-state index >= 15 is 0 Å². The van der Waals surface area contributed by atoms with Crippen molar-refractivity contribution in [2.75, 3.05) is 18.1 Å². The number of imidazole rings is 1. The number of thiazole rings is 1. The van der Waals surface area contributed by atoms with Gasteiger partial charge in [-0.2, -0.15) is 0 Å². The van der Waals surface area contributed by atoms with Crippen molar-refractivity contribution in [1.82, 2.24) is 20.0 Å². The SMILES string of the molecule is CCNC(=NCc1cn2ccsc2n1)NC1CCS(=O)(=O)C1. The van der Waals surface area contributed by atoms with E-state index in [2.05, 4.69) is 20.6 Å². The van der Waals surface area contributed by atoms with Crippen molar-refractivity contribution in [3.63, 3.8) is 0 Å². The predicted molar refractivity (Wildman–Crippen MR) is 88.1 cm³/mol. The van der Waals surface area contributed by atoms with Crippen LogP contribution in [0, 0.1) is 0 Å². The molecule has 3 rings (SSSR count). The standard InChI is InChI=1S/C13H19N5O2S2/c1-2-14-12(16-10-3-6-22(19,20)9-10)15-7-11-8-18-4-5-21-13(18)17-11/h4-5,8,10H,2-3,6-7,9H2,1H3,(H2,14,15,16). The summed E-state index contributed by atoms with van der Waals surface area (Å²) >= 11 is 1.58. The Morgan fingerprint density at radius 3 is 3.14 bits per heavy atom. The van der Waals surface area contributed by atoms with Gasteiger partial charge in [0, 0.05) is 30.4 Å². The van der Waals surface area contributed by atoms with Gasteiger partial charge in [-0.3, -0.25) is 4.40 Å². The molecule has 0 bridgehead atoms. The molecule has 2 aromatic rings. The van der Waals surface area contributed by atoms with Crippen LogP contribution in [0.3, 0.4) is 0 Å². The van der Waals surface area contributed by atoms with Gasteiger partial charge in [0.15, 0.2) is 20.8 Å². The predicted octanol–water partition coefficient (Wildman–Crippen LogP) is 0.638. The first-order valence-electron chi connectivity index (χ1n) is 7.22. The van der Waals surface area contributed by atoms with Crippen LogP contribution in [-0.2, 0) is 16.4 Å². The molecule has 1 aliphatic heterocycles. The van der Waals surface area contributed by atoms with Crippen molar-refractivity contribution >= 4 is 32.1 Å². The largest absolute Gasteiger partial charge is 0.357 e. The van der Waals surface area contributed by atoms with Crippen LogP contribution >= 0.6 is 11.3 Å². The number of nitrogens with one attached hydrogen (secondary N) is 2. The number of guanidine groups is 1. The normalized spacial score (nSPS) is 21.3. The lowest BCUT2D eigenvalue weighted by molar-refractivity contribution is 0.599. The third-order valence-electron chi connectivity index (χ3n) is 3.46. The minimum atomic E-state index is -2.89. The van der Waals surface area contributed by atoms with Crippen LogP contribution < -0.4 is 10.6 Å². The van der Waals surface area contributed by atoms with Crippen molar-refractivity contribution in [1.29, 1.82) is 0 Å². The van der Waals surface area contributed by atoms with Gasteiger partial charge in [-0.15, -0.1) is 11.3 Å². The zero-order valence-corrected chi connectivity index (χ0v) is 14.0. The van der Waals surface area contributed by atoms with Crippen molar-refractivity contribution in [3.8, 4) is 0 Å². The Hall–Kier alpha value is -1.61. The molecule has 0 spiro atoms. The maximum absolute atomic E-state index is 11.5. The Kier molecular flexibility index (Phi) is 4.34. The summed E-state index contributed by atoms with van der Waals surface area (Å²) in [7, 11) is -2.89. The third kappa shape index (κ3) is 3.58. The zero-order chi connectivity index (χ0) is 15.6. The second-order valence-corrected chi connectivity index (χ2v) is 8.37. The van der Waals surface area contributed by atoms with Crippen LogP contribution in [0.5, 0.6) is 0 Å². The van der Waals surface area contributed by atoms with E-state index in [1.54, 1.807) is 11.3 Å². The third-order valence-corrected chi connectivity index (χ3v) is 6.00. The van der Waals surface area contributed by atoms with Crippen molar-refractivity contribution in [2.24, 2.45) is 4.99 Å². The van der Waals surface area contributed by atoms with Gasteiger partial charge in [-0.05, 0) is 13.3 Å². The average molecular weight is 341 g/mol. The molecule has 1 atom stereocenters. The number of aliphatic imine (C=N–C) groups is 1. The molecule has 120 valence electrons. The van der Waals surface area contributed by atoms with E-state index in [1.807, 2.05) is 29.1 Å². The molecule has 2 aromatic heterocycles. The molecular formula is C13H19N5O2S2. The Labute approximate surface area is 133 Å². The van der Waals surface area contributed by atoms with Crippen LogP contribution in [0.25, 0.3) is 4.96 Å². The second kappa shape index (κ2) is 6.25. The first-order valence-corrected chi connectivity index (χ1v) is 9.92. The molecule has 3 heterocycles. The van der Waals surface area contributed by atoms with Gasteiger partial charge >= 0.3 is 0 Å². The minimum absolute atomic E-state index is 0.0618. The van der Waals surface area contributed by atoms with Gasteiger partial charge in [-0.1, -0.05) is 0 Å². The van der Waals surface area contributed by atoms with Crippen LogP contribution in [-0.4, -0.2) is 47.9 Å². The molecule has 0 aromatic carbocycles. The van der Waals surface area contributed by atoms with Gasteiger partial charge in [0.25, 0.3) is 0 Å². The lowest BCUT2D eigenvalue weighted by Crippen LogP contribution is -2.44. The number of hydrogen-bond acceptors (Lipinski definition) is 5. The van der Waals surface area contributed by atoms with E-state index in [9.17, 15) is 8.42 Å². The van der Waals surface area contributed by atoms with E-state index in [4.69, 9.17) is 0 Å². The fourth-order valence-corrected chi connectivity index (χ4v) is 4.83. The van der Waals surface area contributed by atoms with Gasteiger partial charge in [0.2, 0.25) is 0 Å². The number of aromatic nitrogens is 2. The average Bonchev–Trinajstić information content (AvgIpc) is 3.10.